The molecule has 2 aromatic rings. The summed E-state index contributed by atoms with van der Waals surface area (Å²) in [6.45, 7) is 6.44. The van der Waals surface area contributed by atoms with Crippen molar-refractivity contribution in [1.29, 1.82) is 0 Å². The lowest BCUT2D eigenvalue weighted by Gasteiger charge is -2.43. The van der Waals surface area contributed by atoms with Crippen LogP contribution in [-0.4, -0.2) is 54.3 Å². The number of anilines is 1. The van der Waals surface area contributed by atoms with Crippen LogP contribution in [0.4, 0.5) is 5.82 Å². The molecule has 6 nitrogen and oxygen atoms in total. The van der Waals surface area contributed by atoms with E-state index in [4.69, 9.17) is 9.15 Å². The van der Waals surface area contributed by atoms with E-state index in [1.54, 1.807) is 18.7 Å². The summed E-state index contributed by atoms with van der Waals surface area (Å²) in [7, 11) is 0. The molecular formula is C18H24N4O2. The van der Waals surface area contributed by atoms with Crippen LogP contribution < -0.4 is 4.90 Å². The highest BCUT2D eigenvalue weighted by molar-refractivity contribution is 5.36. The minimum atomic E-state index is 0.152. The highest BCUT2D eigenvalue weighted by Gasteiger charge is 2.39. The van der Waals surface area contributed by atoms with Gasteiger partial charge in [-0.15, -0.1) is 0 Å². The Bertz CT molecular complexity index is 634. The zero-order valence-corrected chi connectivity index (χ0v) is 13.9. The van der Waals surface area contributed by atoms with Crippen molar-refractivity contribution in [1.82, 2.24) is 14.9 Å². The molecule has 24 heavy (non-hydrogen) atoms. The lowest BCUT2D eigenvalue weighted by molar-refractivity contribution is 0.00879. The van der Waals surface area contributed by atoms with Gasteiger partial charge in [0.05, 0.1) is 32.2 Å². The second-order valence-electron chi connectivity index (χ2n) is 6.93. The van der Waals surface area contributed by atoms with Crippen LogP contribution in [0.1, 0.15) is 18.6 Å². The molecule has 4 rings (SSSR count). The van der Waals surface area contributed by atoms with Crippen molar-refractivity contribution >= 4 is 5.82 Å². The van der Waals surface area contributed by atoms with E-state index in [1.807, 2.05) is 12.3 Å². The van der Waals surface area contributed by atoms with E-state index in [1.165, 1.54) is 12.8 Å². The summed E-state index contributed by atoms with van der Waals surface area (Å²) in [5.41, 5.74) is 0.152. The first-order valence-electron chi connectivity index (χ1n) is 8.67. The smallest absolute Gasteiger partial charge is 0.147 e. The van der Waals surface area contributed by atoms with E-state index in [9.17, 15) is 0 Å². The number of likely N-dealkylation sites (tertiary alicyclic amines) is 1. The summed E-state index contributed by atoms with van der Waals surface area (Å²) in [6.07, 6.45) is 9.47. The number of nitrogens with zero attached hydrogens (tertiary/aromatic N) is 4. The highest BCUT2D eigenvalue weighted by atomic mass is 16.5. The molecule has 0 aromatic carbocycles. The molecular weight excluding hydrogens is 304 g/mol. The van der Waals surface area contributed by atoms with Crippen molar-refractivity contribution < 1.29 is 9.15 Å². The number of piperidine rings is 1. The van der Waals surface area contributed by atoms with Gasteiger partial charge >= 0.3 is 0 Å². The molecule has 0 amide bonds. The molecule has 6 heteroatoms. The van der Waals surface area contributed by atoms with Crippen LogP contribution in [0, 0.1) is 5.41 Å². The van der Waals surface area contributed by atoms with Gasteiger partial charge in [-0.3, -0.25) is 9.88 Å². The fourth-order valence-electron chi connectivity index (χ4n) is 3.96. The third-order valence-corrected chi connectivity index (χ3v) is 5.01. The molecule has 1 atom stereocenters. The number of aromatic nitrogens is 2. The predicted molar refractivity (Wildman–Crippen MR) is 90.7 cm³/mol. The standard InChI is InChI=1S/C18H24N4O2/c1-3-16(24-9-1)12-21-7-2-4-18(13-21)14-22(8-10-23-15-18)17-11-19-5-6-20-17/h1,3,5-6,9,11H,2,4,7-8,10,12-15H2. The van der Waals surface area contributed by atoms with Gasteiger partial charge in [-0.1, -0.05) is 0 Å². The molecule has 2 fully saturated rings. The second kappa shape index (κ2) is 6.91. The Hall–Kier alpha value is -1.92. The molecule has 4 heterocycles. The Morgan fingerprint density at radius 2 is 2.21 bits per heavy atom. The summed E-state index contributed by atoms with van der Waals surface area (Å²) in [6, 6.07) is 4.01. The van der Waals surface area contributed by atoms with E-state index >= 15 is 0 Å². The van der Waals surface area contributed by atoms with E-state index in [2.05, 4.69) is 25.8 Å². The summed E-state index contributed by atoms with van der Waals surface area (Å²) in [5.74, 6) is 1.98. The normalized spacial score (nSPS) is 25.8. The summed E-state index contributed by atoms with van der Waals surface area (Å²) < 4.78 is 11.5. The van der Waals surface area contributed by atoms with Gasteiger partial charge in [0.15, 0.2) is 0 Å². The quantitative estimate of drug-likeness (QED) is 0.861. The van der Waals surface area contributed by atoms with Crippen molar-refractivity contribution in [3.63, 3.8) is 0 Å². The highest BCUT2D eigenvalue weighted by Crippen LogP contribution is 2.34. The number of hydrogen-bond donors (Lipinski definition) is 0. The van der Waals surface area contributed by atoms with Crippen molar-refractivity contribution in [3.05, 3.63) is 42.7 Å². The number of rotatable bonds is 3. The lowest BCUT2D eigenvalue weighted by Crippen LogP contribution is -2.50. The number of furan rings is 1. The average molecular weight is 328 g/mol. The fraction of sp³-hybridized carbons (Fsp3) is 0.556. The Morgan fingerprint density at radius 1 is 1.21 bits per heavy atom. The monoisotopic (exact) mass is 328 g/mol. The molecule has 0 N–H and O–H groups in total. The zero-order valence-electron chi connectivity index (χ0n) is 13.9. The maximum Gasteiger partial charge on any atom is 0.147 e. The van der Waals surface area contributed by atoms with Gasteiger partial charge < -0.3 is 14.1 Å². The largest absolute Gasteiger partial charge is 0.468 e. The van der Waals surface area contributed by atoms with Crippen molar-refractivity contribution in [2.75, 3.05) is 44.3 Å². The molecule has 0 bridgehead atoms. The molecule has 2 saturated heterocycles. The predicted octanol–water partition coefficient (Wildman–Crippen LogP) is 2.19. The summed E-state index contributed by atoms with van der Waals surface area (Å²) in [4.78, 5) is 13.5. The molecule has 128 valence electrons. The molecule has 1 unspecified atom stereocenters. The van der Waals surface area contributed by atoms with E-state index in [0.29, 0.717) is 0 Å². The third-order valence-electron chi connectivity index (χ3n) is 5.01. The van der Waals surface area contributed by atoms with Crippen LogP contribution in [0.2, 0.25) is 0 Å². The Kier molecular flexibility index (Phi) is 4.49. The van der Waals surface area contributed by atoms with Gasteiger partial charge in [0, 0.05) is 37.4 Å². The first-order chi connectivity index (χ1) is 11.8. The van der Waals surface area contributed by atoms with Gasteiger partial charge in [0.25, 0.3) is 0 Å². The molecule has 1 spiro atoms. The van der Waals surface area contributed by atoms with Crippen LogP contribution in [-0.2, 0) is 11.3 Å². The summed E-state index contributed by atoms with van der Waals surface area (Å²) in [5, 5.41) is 0. The molecule has 2 aliphatic heterocycles. The van der Waals surface area contributed by atoms with Crippen LogP contribution in [0.15, 0.2) is 41.4 Å². The van der Waals surface area contributed by atoms with Gasteiger partial charge in [0.1, 0.15) is 11.6 Å². The van der Waals surface area contributed by atoms with Crippen LogP contribution >= 0.6 is 0 Å². The Labute approximate surface area is 142 Å². The maximum atomic E-state index is 5.98. The maximum absolute atomic E-state index is 5.98. The van der Waals surface area contributed by atoms with Crippen molar-refractivity contribution in [3.8, 4) is 0 Å². The zero-order chi connectivity index (χ0) is 16.2. The lowest BCUT2D eigenvalue weighted by atomic mass is 9.80. The molecule has 2 aliphatic rings. The van der Waals surface area contributed by atoms with Gasteiger partial charge in [-0.25, -0.2) is 4.98 Å². The molecule has 0 aliphatic carbocycles. The van der Waals surface area contributed by atoms with Crippen molar-refractivity contribution in [2.24, 2.45) is 5.41 Å². The average Bonchev–Trinajstić information content (AvgIpc) is 3.03. The van der Waals surface area contributed by atoms with Crippen LogP contribution in [0.25, 0.3) is 0 Å². The molecule has 0 saturated carbocycles. The topological polar surface area (TPSA) is 54.6 Å². The fourth-order valence-corrected chi connectivity index (χ4v) is 3.96. The van der Waals surface area contributed by atoms with Gasteiger partial charge in [0.2, 0.25) is 0 Å². The molecule has 0 radical (unpaired) electrons. The van der Waals surface area contributed by atoms with Crippen LogP contribution in [0.5, 0.6) is 0 Å². The molecule has 2 aromatic heterocycles. The SMILES string of the molecule is c1coc(CN2CCCC3(COCCN(c4cnccn4)C3)C2)c1. The van der Waals surface area contributed by atoms with Crippen molar-refractivity contribution in [2.45, 2.75) is 19.4 Å². The van der Waals surface area contributed by atoms with Gasteiger partial charge in [-0.05, 0) is 31.5 Å². The second-order valence-corrected chi connectivity index (χ2v) is 6.93. The minimum Gasteiger partial charge on any atom is -0.468 e. The first-order valence-corrected chi connectivity index (χ1v) is 8.67. The van der Waals surface area contributed by atoms with Gasteiger partial charge in [-0.2, -0.15) is 0 Å². The Balaban J connectivity index is 1.49. The summed E-state index contributed by atoms with van der Waals surface area (Å²) >= 11 is 0. The number of hydrogen-bond acceptors (Lipinski definition) is 6. The van der Waals surface area contributed by atoms with E-state index in [0.717, 1.165) is 57.5 Å². The third kappa shape index (κ3) is 3.44. The van der Waals surface area contributed by atoms with Crippen LogP contribution in [0.3, 0.4) is 0 Å². The van der Waals surface area contributed by atoms with E-state index < -0.39 is 0 Å². The minimum absolute atomic E-state index is 0.152. The first kappa shape index (κ1) is 15.6. The number of ether oxygens (including phenoxy) is 1. The Morgan fingerprint density at radius 3 is 3.04 bits per heavy atom. The van der Waals surface area contributed by atoms with E-state index in [-0.39, 0.29) is 5.41 Å².